The Morgan fingerprint density at radius 1 is 1.03 bits per heavy atom. The van der Waals surface area contributed by atoms with Gasteiger partial charge in [0.25, 0.3) is 11.6 Å². The lowest BCUT2D eigenvalue weighted by molar-refractivity contribution is -0.384. The Morgan fingerprint density at radius 3 is 2.47 bits per heavy atom. The van der Waals surface area contributed by atoms with Crippen LogP contribution in [0.4, 0.5) is 17.1 Å². The van der Waals surface area contributed by atoms with E-state index in [4.69, 9.17) is 4.74 Å². The SMILES string of the molecule is COc1ccccc1N1C(=O)c2ccccc2NC1C=Cc1ccc([N+](=O)[O-])cc1. The largest absolute Gasteiger partial charge is 0.495 e. The Kier molecular flexibility index (Phi) is 5.17. The van der Waals surface area contributed by atoms with Crippen LogP contribution in [0.2, 0.25) is 0 Å². The minimum atomic E-state index is -0.473. The molecule has 0 saturated heterocycles. The smallest absolute Gasteiger partial charge is 0.269 e. The third-order valence-corrected chi connectivity index (χ3v) is 4.88. The Bertz CT molecular complexity index is 1130. The maximum absolute atomic E-state index is 13.3. The number of amides is 1. The number of nitrogens with zero attached hydrogens (tertiary/aromatic N) is 2. The lowest BCUT2D eigenvalue weighted by Crippen LogP contribution is -2.48. The van der Waals surface area contributed by atoms with Crippen LogP contribution in [0.25, 0.3) is 6.08 Å². The van der Waals surface area contributed by atoms with Gasteiger partial charge in [-0.1, -0.05) is 30.3 Å². The van der Waals surface area contributed by atoms with Gasteiger partial charge in [0.05, 0.1) is 23.3 Å². The zero-order chi connectivity index (χ0) is 21.1. The number of nitro benzene ring substituents is 1. The van der Waals surface area contributed by atoms with Gasteiger partial charge in [-0.2, -0.15) is 0 Å². The second kappa shape index (κ2) is 8.08. The lowest BCUT2D eigenvalue weighted by atomic mass is 10.1. The van der Waals surface area contributed by atoms with E-state index in [1.807, 2.05) is 48.6 Å². The van der Waals surface area contributed by atoms with Crippen molar-refractivity contribution in [3.63, 3.8) is 0 Å². The van der Waals surface area contributed by atoms with Crippen LogP contribution in [0.15, 0.2) is 78.9 Å². The normalized spacial score (nSPS) is 15.6. The van der Waals surface area contributed by atoms with E-state index in [1.54, 1.807) is 36.3 Å². The van der Waals surface area contributed by atoms with E-state index in [2.05, 4.69) is 5.32 Å². The molecule has 7 nitrogen and oxygen atoms in total. The molecule has 0 bridgehead atoms. The van der Waals surface area contributed by atoms with Crippen LogP contribution in [0.3, 0.4) is 0 Å². The molecule has 1 aliphatic rings. The second-order valence-electron chi connectivity index (χ2n) is 6.69. The van der Waals surface area contributed by atoms with Crippen LogP contribution in [0.5, 0.6) is 5.75 Å². The summed E-state index contributed by atoms with van der Waals surface area (Å²) in [5.74, 6) is 0.438. The number of hydrogen-bond acceptors (Lipinski definition) is 5. The van der Waals surface area contributed by atoms with Crippen LogP contribution in [-0.2, 0) is 0 Å². The molecule has 1 N–H and O–H groups in total. The molecular weight excluding hydrogens is 382 g/mol. The molecule has 1 aliphatic heterocycles. The molecule has 0 fully saturated rings. The van der Waals surface area contributed by atoms with Crippen molar-refractivity contribution in [2.24, 2.45) is 0 Å². The molecule has 0 aromatic heterocycles. The van der Waals surface area contributed by atoms with Crippen molar-refractivity contribution in [2.75, 3.05) is 17.3 Å². The number of ether oxygens (including phenoxy) is 1. The van der Waals surface area contributed by atoms with E-state index in [9.17, 15) is 14.9 Å². The highest BCUT2D eigenvalue weighted by Crippen LogP contribution is 2.35. The van der Waals surface area contributed by atoms with Gasteiger partial charge in [0.2, 0.25) is 0 Å². The molecule has 1 amide bonds. The van der Waals surface area contributed by atoms with Gasteiger partial charge in [0.1, 0.15) is 11.9 Å². The summed E-state index contributed by atoms with van der Waals surface area (Å²) in [5.41, 5.74) is 2.78. The first-order chi connectivity index (χ1) is 14.6. The molecule has 1 atom stereocenters. The van der Waals surface area contributed by atoms with Crippen molar-refractivity contribution in [3.8, 4) is 5.75 Å². The monoisotopic (exact) mass is 401 g/mol. The molecule has 7 heteroatoms. The molecule has 3 aromatic rings. The third kappa shape index (κ3) is 3.60. The van der Waals surface area contributed by atoms with Gasteiger partial charge < -0.3 is 10.1 Å². The summed E-state index contributed by atoms with van der Waals surface area (Å²) in [7, 11) is 1.57. The van der Waals surface area contributed by atoms with Crippen LogP contribution >= 0.6 is 0 Å². The highest BCUT2D eigenvalue weighted by atomic mass is 16.6. The standard InChI is InChI=1S/C23H19N3O4/c1-30-21-9-5-4-8-20(21)25-22(24-19-7-3-2-6-18(19)23(25)27)15-12-16-10-13-17(14-11-16)26(28)29/h2-15,22,24H,1H3. The van der Waals surface area contributed by atoms with Crippen LogP contribution in [0, 0.1) is 10.1 Å². The average Bonchev–Trinajstić information content (AvgIpc) is 2.78. The number of rotatable bonds is 5. The minimum Gasteiger partial charge on any atom is -0.495 e. The van der Waals surface area contributed by atoms with Crippen molar-refractivity contribution >= 4 is 29.0 Å². The predicted octanol–water partition coefficient (Wildman–Crippen LogP) is 4.72. The number of methoxy groups -OCH3 is 1. The molecule has 1 unspecified atom stereocenters. The number of para-hydroxylation sites is 3. The molecular formula is C23H19N3O4. The number of carbonyl (C=O) groups is 1. The number of carbonyl (C=O) groups excluding carboxylic acids is 1. The predicted molar refractivity (Wildman–Crippen MR) is 116 cm³/mol. The number of benzene rings is 3. The van der Waals surface area contributed by atoms with Crippen LogP contribution in [0.1, 0.15) is 15.9 Å². The molecule has 0 aliphatic carbocycles. The average molecular weight is 401 g/mol. The topological polar surface area (TPSA) is 84.7 Å². The molecule has 0 radical (unpaired) electrons. The Balaban J connectivity index is 1.73. The van der Waals surface area contributed by atoms with Gasteiger partial charge in [-0.25, -0.2) is 0 Å². The molecule has 150 valence electrons. The zero-order valence-corrected chi connectivity index (χ0v) is 16.2. The summed E-state index contributed by atoms with van der Waals surface area (Å²) in [5, 5.41) is 14.2. The maximum atomic E-state index is 13.3. The third-order valence-electron chi connectivity index (χ3n) is 4.88. The van der Waals surface area contributed by atoms with Gasteiger partial charge in [-0.15, -0.1) is 0 Å². The van der Waals surface area contributed by atoms with Gasteiger partial charge in [-0.05, 0) is 48.0 Å². The number of hydrogen-bond donors (Lipinski definition) is 1. The first-order valence-electron chi connectivity index (χ1n) is 9.33. The van der Waals surface area contributed by atoms with Crippen molar-refractivity contribution in [3.05, 3.63) is 100 Å². The molecule has 3 aromatic carbocycles. The fraction of sp³-hybridized carbons (Fsp3) is 0.0870. The first kappa shape index (κ1) is 19.2. The quantitative estimate of drug-likeness (QED) is 0.494. The van der Waals surface area contributed by atoms with Gasteiger partial charge in [0.15, 0.2) is 0 Å². The summed E-state index contributed by atoms with van der Waals surface area (Å²) in [6, 6.07) is 20.9. The zero-order valence-electron chi connectivity index (χ0n) is 16.2. The van der Waals surface area contributed by atoms with E-state index in [-0.39, 0.29) is 11.6 Å². The fourth-order valence-electron chi connectivity index (χ4n) is 3.41. The van der Waals surface area contributed by atoms with Crippen molar-refractivity contribution < 1.29 is 14.5 Å². The van der Waals surface area contributed by atoms with Gasteiger partial charge in [-0.3, -0.25) is 19.8 Å². The number of non-ortho nitro benzene ring substituents is 1. The maximum Gasteiger partial charge on any atom is 0.269 e. The Hall–Kier alpha value is -4.13. The fourth-order valence-corrected chi connectivity index (χ4v) is 3.41. The molecule has 0 spiro atoms. The highest BCUT2D eigenvalue weighted by Gasteiger charge is 2.33. The van der Waals surface area contributed by atoms with Crippen LogP contribution < -0.4 is 15.0 Å². The molecule has 1 heterocycles. The first-order valence-corrected chi connectivity index (χ1v) is 9.33. The highest BCUT2D eigenvalue weighted by molar-refractivity contribution is 6.13. The Morgan fingerprint density at radius 2 is 1.73 bits per heavy atom. The number of nitro groups is 1. The van der Waals surface area contributed by atoms with E-state index in [1.165, 1.54) is 12.1 Å². The number of anilines is 2. The van der Waals surface area contributed by atoms with Crippen molar-refractivity contribution in [1.82, 2.24) is 0 Å². The summed E-state index contributed by atoms with van der Waals surface area (Å²) < 4.78 is 5.47. The summed E-state index contributed by atoms with van der Waals surface area (Å²) in [4.78, 5) is 25.4. The van der Waals surface area contributed by atoms with E-state index in [0.717, 1.165) is 11.3 Å². The molecule has 4 rings (SSSR count). The Labute approximate surface area is 173 Å². The summed E-state index contributed by atoms with van der Waals surface area (Å²) >= 11 is 0. The minimum absolute atomic E-state index is 0.0303. The van der Waals surface area contributed by atoms with Gasteiger partial charge >= 0.3 is 0 Å². The van der Waals surface area contributed by atoms with Gasteiger partial charge in [0, 0.05) is 17.8 Å². The summed E-state index contributed by atoms with van der Waals surface area (Å²) in [6.07, 6.45) is 3.20. The lowest BCUT2D eigenvalue weighted by Gasteiger charge is -2.36. The van der Waals surface area contributed by atoms with Crippen molar-refractivity contribution in [1.29, 1.82) is 0 Å². The second-order valence-corrected chi connectivity index (χ2v) is 6.69. The number of nitrogens with one attached hydrogen (secondary N) is 1. The van der Waals surface area contributed by atoms with Crippen LogP contribution in [-0.4, -0.2) is 24.1 Å². The molecule has 0 saturated carbocycles. The van der Waals surface area contributed by atoms with E-state index in [0.29, 0.717) is 17.0 Å². The van der Waals surface area contributed by atoms with Crippen molar-refractivity contribution in [2.45, 2.75) is 6.17 Å². The molecule has 30 heavy (non-hydrogen) atoms. The number of fused-ring (bicyclic) bond motifs is 1. The summed E-state index contributed by atoms with van der Waals surface area (Å²) in [6.45, 7) is 0. The van der Waals surface area contributed by atoms with E-state index >= 15 is 0 Å². The van der Waals surface area contributed by atoms with E-state index < -0.39 is 11.1 Å².